The summed E-state index contributed by atoms with van der Waals surface area (Å²) in [7, 11) is 1.63. The number of nitrogen functional groups attached to an aromatic ring is 1. The lowest BCUT2D eigenvalue weighted by Crippen LogP contribution is -2.08. The molecule has 0 saturated carbocycles. The molecule has 0 fully saturated rings. The van der Waals surface area contributed by atoms with E-state index in [1.54, 1.807) is 7.11 Å². The summed E-state index contributed by atoms with van der Waals surface area (Å²) in [6.45, 7) is 3.13. The Labute approximate surface area is 200 Å². The highest BCUT2D eigenvalue weighted by atomic mass is 16.5. The van der Waals surface area contributed by atoms with Crippen molar-refractivity contribution in [2.75, 3.05) is 24.7 Å². The van der Waals surface area contributed by atoms with Gasteiger partial charge in [-0.25, -0.2) is 4.98 Å². The highest BCUT2D eigenvalue weighted by Gasteiger charge is 2.10. The smallest absolute Gasteiger partial charge is 0.248 e. The van der Waals surface area contributed by atoms with E-state index < -0.39 is 0 Å². The number of nitrogens with one attached hydrogen (secondary N) is 1. The Hall–Kier alpha value is -2.50. The average Bonchev–Trinajstić information content (AvgIpc) is 2.84. The topological polar surface area (TPSA) is 82.3 Å². The molecule has 184 valence electrons. The number of ether oxygens (including phenoxy) is 2. The van der Waals surface area contributed by atoms with Crippen LogP contribution in [0, 0.1) is 0 Å². The zero-order valence-electron chi connectivity index (χ0n) is 20.8. The van der Waals surface area contributed by atoms with Crippen LogP contribution in [0.5, 0.6) is 17.4 Å². The van der Waals surface area contributed by atoms with E-state index in [0.717, 1.165) is 18.7 Å². The van der Waals surface area contributed by atoms with E-state index in [0.29, 0.717) is 23.1 Å². The summed E-state index contributed by atoms with van der Waals surface area (Å²) in [5.41, 5.74) is 6.64. The molecule has 0 atom stereocenters. The van der Waals surface area contributed by atoms with E-state index in [9.17, 15) is 0 Å². The second-order valence-electron chi connectivity index (χ2n) is 8.74. The molecule has 6 heteroatoms. The third kappa shape index (κ3) is 11.3. The van der Waals surface area contributed by atoms with Crippen molar-refractivity contribution in [3.8, 4) is 17.4 Å². The molecule has 2 aromatic rings. The van der Waals surface area contributed by atoms with Crippen molar-refractivity contribution in [3.05, 3.63) is 30.6 Å². The molecule has 0 unspecified atom stereocenters. The van der Waals surface area contributed by atoms with E-state index >= 15 is 0 Å². The lowest BCUT2D eigenvalue weighted by Gasteiger charge is -2.12. The van der Waals surface area contributed by atoms with Crippen molar-refractivity contribution in [1.29, 1.82) is 0 Å². The zero-order valence-corrected chi connectivity index (χ0v) is 20.8. The second kappa shape index (κ2) is 17.0. The van der Waals surface area contributed by atoms with Gasteiger partial charge in [0.2, 0.25) is 5.88 Å². The Morgan fingerprint density at radius 2 is 1.24 bits per heavy atom. The van der Waals surface area contributed by atoms with Gasteiger partial charge in [0.15, 0.2) is 5.82 Å². The van der Waals surface area contributed by atoms with E-state index in [1.165, 1.54) is 89.8 Å². The third-order valence-electron chi connectivity index (χ3n) is 5.94. The molecule has 33 heavy (non-hydrogen) atoms. The summed E-state index contributed by atoms with van der Waals surface area (Å²) < 4.78 is 11.0. The van der Waals surface area contributed by atoms with Gasteiger partial charge in [-0.1, -0.05) is 90.4 Å². The van der Waals surface area contributed by atoms with Crippen molar-refractivity contribution < 1.29 is 9.47 Å². The number of aromatic nitrogens is 2. The first kappa shape index (κ1) is 26.7. The number of benzene rings is 1. The Morgan fingerprint density at radius 1 is 0.727 bits per heavy atom. The first-order valence-electron chi connectivity index (χ1n) is 12.9. The molecule has 0 radical (unpaired) electrons. The lowest BCUT2D eigenvalue weighted by molar-refractivity contribution is 0.412. The molecule has 1 aromatic carbocycles. The van der Waals surface area contributed by atoms with Crippen molar-refractivity contribution in [1.82, 2.24) is 9.97 Å². The molecule has 0 saturated heterocycles. The second-order valence-corrected chi connectivity index (χ2v) is 8.74. The quantitative estimate of drug-likeness (QED) is 0.210. The fraction of sp³-hybridized carbons (Fsp3) is 0.630. The molecule has 0 aliphatic heterocycles. The molecule has 0 aliphatic carbocycles. The van der Waals surface area contributed by atoms with Gasteiger partial charge in [0.1, 0.15) is 23.5 Å². The summed E-state index contributed by atoms with van der Waals surface area (Å²) in [5, 5.41) is 3.32. The van der Waals surface area contributed by atoms with Crippen molar-refractivity contribution in [3.63, 3.8) is 0 Å². The average molecular weight is 457 g/mol. The van der Waals surface area contributed by atoms with Crippen LogP contribution >= 0.6 is 0 Å². The summed E-state index contributed by atoms with van der Waals surface area (Å²) in [5.74, 6) is 2.41. The monoisotopic (exact) mass is 456 g/mol. The number of rotatable bonds is 19. The van der Waals surface area contributed by atoms with Crippen LogP contribution in [-0.4, -0.2) is 23.6 Å². The number of nitrogens with zero attached hydrogens (tertiary/aromatic N) is 2. The fourth-order valence-corrected chi connectivity index (χ4v) is 3.88. The van der Waals surface area contributed by atoms with Crippen LogP contribution in [0.15, 0.2) is 30.6 Å². The van der Waals surface area contributed by atoms with Gasteiger partial charge >= 0.3 is 0 Å². The molecule has 0 amide bonds. The Kier molecular flexibility index (Phi) is 13.8. The highest BCUT2D eigenvalue weighted by Crippen LogP contribution is 2.30. The van der Waals surface area contributed by atoms with Crippen LogP contribution in [0.4, 0.5) is 11.5 Å². The Balaban J connectivity index is 1.52. The molecule has 0 bridgehead atoms. The van der Waals surface area contributed by atoms with Gasteiger partial charge in [0, 0.05) is 6.54 Å². The van der Waals surface area contributed by atoms with Gasteiger partial charge in [-0.05, 0) is 30.7 Å². The predicted octanol–water partition coefficient (Wildman–Crippen LogP) is 7.75. The van der Waals surface area contributed by atoms with E-state index in [2.05, 4.69) is 22.2 Å². The minimum atomic E-state index is 0.360. The first-order chi connectivity index (χ1) is 16.2. The van der Waals surface area contributed by atoms with Crippen molar-refractivity contribution >= 4 is 11.5 Å². The number of anilines is 2. The van der Waals surface area contributed by atoms with Crippen LogP contribution in [0.1, 0.15) is 96.8 Å². The fourth-order valence-electron chi connectivity index (χ4n) is 3.88. The van der Waals surface area contributed by atoms with Gasteiger partial charge in [-0.15, -0.1) is 0 Å². The molecular formula is C27H44N4O2. The molecule has 2 rings (SSSR count). The number of nitrogens with two attached hydrogens (primary N) is 1. The molecule has 0 aliphatic rings. The third-order valence-corrected chi connectivity index (χ3v) is 5.94. The van der Waals surface area contributed by atoms with Crippen LogP contribution in [0.2, 0.25) is 0 Å². The van der Waals surface area contributed by atoms with Crippen molar-refractivity contribution in [2.45, 2.75) is 96.8 Å². The van der Waals surface area contributed by atoms with E-state index in [4.69, 9.17) is 15.2 Å². The maximum absolute atomic E-state index is 6.21. The summed E-state index contributed by atoms with van der Waals surface area (Å²) >= 11 is 0. The van der Waals surface area contributed by atoms with Gasteiger partial charge in [0.25, 0.3) is 0 Å². The maximum Gasteiger partial charge on any atom is 0.248 e. The number of unbranched alkanes of at least 4 members (excludes halogenated alkanes) is 13. The summed E-state index contributed by atoms with van der Waals surface area (Å²) in [6, 6.07) is 7.31. The number of methoxy groups -OCH3 is 1. The molecule has 1 aromatic heterocycles. The summed E-state index contributed by atoms with van der Waals surface area (Å²) in [4.78, 5) is 8.43. The maximum atomic E-state index is 6.21. The lowest BCUT2D eigenvalue weighted by atomic mass is 10.0. The van der Waals surface area contributed by atoms with Crippen LogP contribution in [0.3, 0.4) is 0 Å². The van der Waals surface area contributed by atoms with E-state index in [-0.39, 0.29) is 0 Å². The minimum Gasteiger partial charge on any atom is -0.497 e. The van der Waals surface area contributed by atoms with Gasteiger partial charge in [0.05, 0.1) is 7.11 Å². The van der Waals surface area contributed by atoms with Crippen LogP contribution < -0.4 is 20.5 Å². The molecule has 1 heterocycles. The molecular weight excluding hydrogens is 412 g/mol. The SMILES string of the molecule is CCCCCCCCCCCCCCCCNc1ncnc(Oc2ccc(OC)cc2)c1N. The molecule has 6 nitrogen and oxygen atoms in total. The normalized spacial score (nSPS) is 10.8. The standard InChI is InChI=1S/C27H44N4O2/c1-3-4-5-6-7-8-9-10-11-12-13-14-15-16-21-29-26-25(28)27(31-22-30-26)33-24-19-17-23(32-2)18-20-24/h17-20,22H,3-16,21,28H2,1-2H3,(H,29,30,31). The largest absolute Gasteiger partial charge is 0.497 e. The number of hydrogen-bond donors (Lipinski definition) is 2. The van der Waals surface area contributed by atoms with Gasteiger partial charge < -0.3 is 20.5 Å². The Morgan fingerprint density at radius 3 is 1.79 bits per heavy atom. The van der Waals surface area contributed by atoms with Crippen LogP contribution in [0.25, 0.3) is 0 Å². The zero-order chi connectivity index (χ0) is 23.6. The number of hydrogen-bond acceptors (Lipinski definition) is 6. The Bertz CT molecular complexity index is 752. The van der Waals surface area contributed by atoms with Gasteiger partial charge in [-0.2, -0.15) is 4.98 Å². The van der Waals surface area contributed by atoms with E-state index in [1.807, 2.05) is 24.3 Å². The highest BCUT2D eigenvalue weighted by molar-refractivity contribution is 5.66. The van der Waals surface area contributed by atoms with Gasteiger partial charge in [-0.3, -0.25) is 0 Å². The molecule has 0 spiro atoms. The van der Waals surface area contributed by atoms with Crippen molar-refractivity contribution in [2.24, 2.45) is 0 Å². The predicted molar refractivity (Wildman–Crippen MR) is 138 cm³/mol. The first-order valence-corrected chi connectivity index (χ1v) is 12.9. The minimum absolute atomic E-state index is 0.360. The van der Waals surface area contributed by atoms with Crippen LogP contribution in [-0.2, 0) is 0 Å². The molecule has 3 N–H and O–H groups in total. The summed E-state index contributed by atoms with van der Waals surface area (Å²) in [6.07, 6.45) is 20.5.